The predicted octanol–water partition coefficient (Wildman–Crippen LogP) is -12.7. The highest BCUT2D eigenvalue weighted by Crippen LogP contribution is 2.38. The van der Waals surface area contributed by atoms with Gasteiger partial charge in [-0.3, -0.25) is 0 Å². The van der Waals surface area contributed by atoms with E-state index in [1.54, 1.807) is 0 Å². The lowest BCUT2D eigenvalue weighted by Gasteiger charge is -2.51. The van der Waals surface area contributed by atoms with Crippen LogP contribution in [-0.2, 0) is 61.6 Å². The number of nitrogens with two attached hydrogens (primary N) is 1. The first-order valence-electron chi connectivity index (χ1n) is 22.8. The summed E-state index contributed by atoms with van der Waals surface area (Å²) in [6.07, 6.45) is -56.8. The monoisotopic (exact) mass is 1030 g/mol. The Morgan fingerprint density at radius 1 is 0.286 bits per heavy atom. The largest absolute Gasteiger partial charge is 0.394 e. The molecule has 0 aromatic carbocycles. The molecule has 22 saturated heterocycles. The van der Waals surface area contributed by atoms with Gasteiger partial charge in [0.15, 0.2) is 37.7 Å². The summed E-state index contributed by atoms with van der Waals surface area (Å²) in [7, 11) is 0. The Labute approximate surface area is 397 Å². The van der Waals surface area contributed by atoms with Gasteiger partial charge in [-0.2, -0.15) is 0 Å². The number of aliphatic hydroxyl groups is 17. The van der Waals surface area contributed by atoms with E-state index in [9.17, 15) is 86.8 Å². The first-order valence-corrected chi connectivity index (χ1v) is 22.8. The second-order valence-corrected chi connectivity index (χ2v) is 17.8. The number of ether oxygens (including phenoxy) is 13. The number of aliphatic hydroxyl groups excluding tert-OH is 17. The van der Waals surface area contributed by atoms with Crippen LogP contribution in [0.5, 0.6) is 0 Å². The molecule has 0 unspecified atom stereocenters. The molecule has 31 heteroatoms. The summed E-state index contributed by atoms with van der Waals surface area (Å²) < 4.78 is 75.1. The standard InChI is InChI=1S/C39H67NO30/c40-2-1-3-58-33-26(57)39-64-15(9-46)32(33)70-38-25(56)20(51)30(13(7-44)63-38)68-36-23(54)18(49)28(11(5-42)61-36)66-34-21(52)16(47)27(10(4-41)59-34)65-35-22(53)17(48)29(12(6-43)60-35)67-37-24(55)19(50)31(69-39)14(8-45)62-37/h10-39,41-57H,1-9,40H2/t10-,11-,12-,13-,14-,15-,16-,17-,18-,19-,20-,21-,22-,23-,24-,25-,26-,27-,28-,29-,30-,31-,32+,33-,34-,35-,36-,37-,38-,39-/m1/s1. The molecule has 408 valence electrons. The minimum Gasteiger partial charge on any atom is -0.394 e. The molecule has 0 saturated carbocycles. The summed E-state index contributed by atoms with van der Waals surface area (Å²) in [6, 6.07) is 0. The molecule has 0 aromatic heterocycles. The molecule has 30 atom stereocenters. The molecule has 70 heavy (non-hydrogen) atoms. The summed E-state index contributed by atoms with van der Waals surface area (Å²) in [4.78, 5) is 0. The van der Waals surface area contributed by atoms with Crippen LogP contribution in [-0.4, -0.2) is 324 Å². The zero-order valence-corrected chi connectivity index (χ0v) is 37.2. The van der Waals surface area contributed by atoms with E-state index in [4.69, 9.17) is 67.3 Å². The van der Waals surface area contributed by atoms with Gasteiger partial charge in [-0.1, -0.05) is 0 Å². The van der Waals surface area contributed by atoms with Crippen LogP contribution in [0.3, 0.4) is 0 Å². The van der Waals surface area contributed by atoms with Crippen LogP contribution >= 0.6 is 0 Å². The summed E-state index contributed by atoms with van der Waals surface area (Å²) >= 11 is 0. The van der Waals surface area contributed by atoms with Crippen molar-refractivity contribution in [3.8, 4) is 0 Å². The third kappa shape index (κ3) is 11.3. The second kappa shape index (κ2) is 24.6. The van der Waals surface area contributed by atoms with Crippen molar-refractivity contribution < 1.29 is 148 Å². The van der Waals surface area contributed by atoms with Gasteiger partial charge in [-0.15, -0.1) is 0 Å². The van der Waals surface area contributed by atoms with Crippen LogP contribution in [0.25, 0.3) is 0 Å². The van der Waals surface area contributed by atoms with Crippen molar-refractivity contribution in [2.75, 3.05) is 52.8 Å². The molecule has 0 aromatic rings. The molecule has 22 aliphatic rings. The Bertz CT molecular complexity index is 1590. The molecular formula is C39H67NO30. The Hall–Kier alpha value is -1.24. The Kier molecular flexibility index (Phi) is 19.9. The highest BCUT2D eigenvalue weighted by molar-refractivity contribution is 5.01. The fraction of sp³-hybridized carbons (Fsp3) is 1.00. The Balaban J connectivity index is 1.21. The summed E-state index contributed by atoms with van der Waals surface area (Å²) in [5, 5.41) is 187. The number of hydrogen-bond acceptors (Lipinski definition) is 31. The Morgan fingerprint density at radius 3 is 0.729 bits per heavy atom. The normalized spacial score (nSPS) is 52.9. The van der Waals surface area contributed by atoms with Gasteiger partial charge in [0.2, 0.25) is 0 Å². The van der Waals surface area contributed by atoms with Gasteiger partial charge in [-0.05, 0) is 13.0 Å². The lowest BCUT2D eigenvalue weighted by atomic mass is 9.94. The molecule has 0 spiro atoms. The van der Waals surface area contributed by atoms with Gasteiger partial charge in [0, 0.05) is 6.61 Å². The molecular weight excluding hydrogens is 962 g/mol. The molecule has 0 radical (unpaired) electrons. The van der Waals surface area contributed by atoms with Gasteiger partial charge in [-0.25, -0.2) is 0 Å². The van der Waals surface area contributed by atoms with E-state index in [2.05, 4.69) is 0 Å². The lowest BCUT2D eigenvalue weighted by molar-refractivity contribution is -0.404. The maximum absolute atomic E-state index is 11.7. The molecule has 31 nitrogen and oxygen atoms in total. The fourth-order valence-electron chi connectivity index (χ4n) is 9.41. The van der Waals surface area contributed by atoms with Crippen LogP contribution in [0, 0.1) is 0 Å². The van der Waals surface area contributed by atoms with Crippen molar-refractivity contribution in [1.82, 2.24) is 0 Å². The Morgan fingerprint density at radius 2 is 0.500 bits per heavy atom. The molecule has 19 N–H and O–H groups in total. The van der Waals surface area contributed by atoms with Crippen molar-refractivity contribution in [2.24, 2.45) is 5.73 Å². The predicted molar refractivity (Wildman–Crippen MR) is 213 cm³/mol. The van der Waals surface area contributed by atoms with Gasteiger partial charge < -0.3 is 154 Å². The average Bonchev–Trinajstić information content (AvgIpc) is 3.35. The third-order valence-electron chi connectivity index (χ3n) is 13.3. The van der Waals surface area contributed by atoms with Crippen LogP contribution < -0.4 is 5.73 Å². The molecule has 0 amide bonds. The van der Waals surface area contributed by atoms with E-state index in [0.717, 1.165) is 0 Å². The van der Waals surface area contributed by atoms with Crippen molar-refractivity contribution in [2.45, 2.75) is 191 Å². The van der Waals surface area contributed by atoms with Crippen LogP contribution in [0.2, 0.25) is 0 Å². The van der Waals surface area contributed by atoms with Gasteiger partial charge in [0.05, 0.1) is 39.6 Å². The van der Waals surface area contributed by atoms with Crippen LogP contribution in [0.4, 0.5) is 0 Å². The van der Waals surface area contributed by atoms with Crippen molar-refractivity contribution in [3.05, 3.63) is 0 Å². The van der Waals surface area contributed by atoms with Gasteiger partial charge in [0.25, 0.3) is 0 Å². The quantitative estimate of drug-likeness (QED) is 0.0904. The van der Waals surface area contributed by atoms with E-state index in [1.165, 1.54) is 0 Å². The van der Waals surface area contributed by atoms with E-state index in [0.29, 0.717) is 0 Å². The van der Waals surface area contributed by atoms with Crippen molar-refractivity contribution in [1.29, 1.82) is 0 Å². The first-order chi connectivity index (χ1) is 33.5. The maximum Gasteiger partial charge on any atom is 0.187 e. The summed E-state index contributed by atoms with van der Waals surface area (Å²) in [6.45, 7) is -5.93. The molecule has 0 aliphatic carbocycles. The number of rotatable bonds is 10. The molecule has 22 fully saturated rings. The lowest BCUT2D eigenvalue weighted by Crippen LogP contribution is -2.69. The first kappa shape index (κ1) is 56.5. The van der Waals surface area contributed by atoms with Crippen molar-refractivity contribution >= 4 is 0 Å². The number of hydrogen-bond donors (Lipinski definition) is 18. The smallest absolute Gasteiger partial charge is 0.187 e. The highest BCUT2D eigenvalue weighted by Gasteiger charge is 2.59. The van der Waals surface area contributed by atoms with Gasteiger partial charge >= 0.3 is 0 Å². The highest BCUT2D eigenvalue weighted by atomic mass is 16.8. The minimum atomic E-state index is -2.15. The zero-order valence-electron chi connectivity index (χ0n) is 37.2. The summed E-state index contributed by atoms with van der Waals surface area (Å²) in [5.41, 5.74) is 5.66. The van der Waals surface area contributed by atoms with Crippen LogP contribution in [0.15, 0.2) is 0 Å². The SMILES string of the molecule is NCCCO[C@@H]1[C@@H](O)[C@H]2O[C@H]3[C@H](O)[C@@H](O)[C@@H](O[C@H]4[C@H](O)[C@@H](O)[C@@H](O[C@H]5[C@H](O)[C@@H](O)[C@@H](O[C@H]6[C@H](O)[C@@H](O)[C@@H](O[C@H]7[C@H](O)[C@@H](O)[C@@H](O[C@H]1[C@@H](CO)O2)O[C@@H]7CO)O[C@@H]6CO)O[C@@H]5CO)O[C@@H]4CO)O[C@@H]3CO. The van der Waals surface area contributed by atoms with Crippen LogP contribution in [0.1, 0.15) is 6.42 Å². The average molecular weight is 1030 g/mol. The third-order valence-corrected chi connectivity index (χ3v) is 13.3. The topological polar surface area (TPSA) is 490 Å². The fourth-order valence-corrected chi connectivity index (χ4v) is 9.41. The van der Waals surface area contributed by atoms with E-state index < -0.39 is 224 Å². The van der Waals surface area contributed by atoms with Crippen molar-refractivity contribution in [3.63, 3.8) is 0 Å². The van der Waals surface area contributed by atoms with E-state index >= 15 is 0 Å². The van der Waals surface area contributed by atoms with E-state index in [1.807, 2.05) is 0 Å². The summed E-state index contributed by atoms with van der Waals surface area (Å²) in [5.74, 6) is 0. The molecule has 22 aliphatic heterocycles. The molecule has 22 heterocycles. The molecule has 22 rings (SSSR count). The zero-order chi connectivity index (χ0) is 50.9. The second-order valence-electron chi connectivity index (χ2n) is 17.8. The maximum atomic E-state index is 11.7. The van der Waals surface area contributed by atoms with E-state index in [-0.39, 0.29) is 19.6 Å². The molecule has 12 bridgehead atoms. The van der Waals surface area contributed by atoms with Gasteiger partial charge in [0.1, 0.15) is 146 Å². The minimum absolute atomic E-state index is 0.0998.